The van der Waals surface area contributed by atoms with Crippen molar-refractivity contribution in [3.05, 3.63) is 42.8 Å². The van der Waals surface area contributed by atoms with Crippen LogP contribution in [0.4, 0.5) is 0 Å². The van der Waals surface area contributed by atoms with Gasteiger partial charge in [0.25, 0.3) is 0 Å². The highest BCUT2D eigenvalue weighted by atomic mass is 32.1. The van der Waals surface area contributed by atoms with Crippen LogP contribution in [0.2, 0.25) is 0 Å². The SMILES string of the molecule is CCNC(c1cc2c(s1)CCCC2)c1sc(C)cc1C. The molecule has 0 amide bonds. The average molecular weight is 306 g/mol. The lowest BCUT2D eigenvalue weighted by atomic mass is 9.98. The lowest BCUT2D eigenvalue weighted by Gasteiger charge is -2.16. The first kappa shape index (κ1) is 14.3. The Labute approximate surface area is 130 Å². The molecule has 0 radical (unpaired) electrons. The van der Waals surface area contributed by atoms with Crippen molar-refractivity contribution in [1.82, 2.24) is 5.32 Å². The predicted molar refractivity (Wildman–Crippen MR) is 90.3 cm³/mol. The fraction of sp³-hybridized carbons (Fsp3) is 0.529. The lowest BCUT2D eigenvalue weighted by Crippen LogP contribution is -2.20. The van der Waals surface area contributed by atoms with Gasteiger partial charge >= 0.3 is 0 Å². The maximum Gasteiger partial charge on any atom is 0.0767 e. The second-order valence-electron chi connectivity index (χ2n) is 5.70. The molecule has 0 spiro atoms. The van der Waals surface area contributed by atoms with Gasteiger partial charge in [0.15, 0.2) is 0 Å². The van der Waals surface area contributed by atoms with E-state index in [0.29, 0.717) is 6.04 Å². The molecule has 1 unspecified atom stereocenters. The molecule has 0 saturated carbocycles. The summed E-state index contributed by atoms with van der Waals surface area (Å²) in [6.45, 7) is 7.68. The third kappa shape index (κ3) is 2.72. The Morgan fingerprint density at radius 1 is 1.15 bits per heavy atom. The van der Waals surface area contributed by atoms with Gasteiger partial charge in [-0.05, 0) is 69.3 Å². The molecular formula is C17H23NS2. The lowest BCUT2D eigenvalue weighted by molar-refractivity contribution is 0.645. The molecule has 1 nitrogen and oxygen atoms in total. The van der Waals surface area contributed by atoms with Crippen molar-refractivity contribution in [2.75, 3.05) is 6.54 Å². The Bertz CT molecular complexity index is 571. The van der Waals surface area contributed by atoms with Crippen LogP contribution in [0, 0.1) is 13.8 Å². The van der Waals surface area contributed by atoms with Gasteiger partial charge in [0.05, 0.1) is 6.04 Å². The van der Waals surface area contributed by atoms with Crippen molar-refractivity contribution < 1.29 is 0 Å². The van der Waals surface area contributed by atoms with Crippen LogP contribution in [0.25, 0.3) is 0 Å². The van der Waals surface area contributed by atoms with Crippen molar-refractivity contribution in [1.29, 1.82) is 0 Å². The summed E-state index contributed by atoms with van der Waals surface area (Å²) in [4.78, 5) is 6.08. The normalized spacial score (nSPS) is 16.1. The summed E-state index contributed by atoms with van der Waals surface area (Å²) in [5.74, 6) is 0. The van der Waals surface area contributed by atoms with Crippen LogP contribution in [-0.4, -0.2) is 6.54 Å². The monoisotopic (exact) mass is 305 g/mol. The van der Waals surface area contributed by atoms with Crippen molar-refractivity contribution in [3.8, 4) is 0 Å². The summed E-state index contributed by atoms with van der Waals surface area (Å²) < 4.78 is 0. The number of hydrogen-bond acceptors (Lipinski definition) is 3. The fourth-order valence-electron chi connectivity index (χ4n) is 3.13. The maximum atomic E-state index is 3.70. The summed E-state index contributed by atoms with van der Waals surface area (Å²) in [6, 6.07) is 5.19. The third-order valence-electron chi connectivity index (χ3n) is 4.05. The first-order valence-electron chi connectivity index (χ1n) is 7.60. The van der Waals surface area contributed by atoms with Gasteiger partial charge < -0.3 is 5.32 Å². The Hall–Kier alpha value is -0.640. The largest absolute Gasteiger partial charge is 0.305 e. The summed E-state index contributed by atoms with van der Waals surface area (Å²) in [6.07, 6.45) is 5.32. The zero-order valence-electron chi connectivity index (χ0n) is 12.6. The molecule has 0 saturated heterocycles. The summed E-state index contributed by atoms with van der Waals surface area (Å²) in [7, 11) is 0. The van der Waals surface area contributed by atoms with Gasteiger partial charge in [-0.25, -0.2) is 0 Å². The molecule has 3 rings (SSSR count). The number of thiophene rings is 2. The van der Waals surface area contributed by atoms with Gasteiger partial charge in [-0.3, -0.25) is 0 Å². The molecule has 0 aliphatic heterocycles. The van der Waals surface area contributed by atoms with E-state index in [9.17, 15) is 0 Å². The molecule has 2 heterocycles. The van der Waals surface area contributed by atoms with E-state index in [2.05, 4.69) is 38.2 Å². The quantitative estimate of drug-likeness (QED) is 0.838. The molecule has 20 heavy (non-hydrogen) atoms. The van der Waals surface area contributed by atoms with Crippen LogP contribution >= 0.6 is 22.7 Å². The Morgan fingerprint density at radius 3 is 2.60 bits per heavy atom. The number of rotatable bonds is 4. The molecule has 3 heteroatoms. The molecule has 108 valence electrons. The van der Waals surface area contributed by atoms with Crippen LogP contribution in [0.15, 0.2) is 12.1 Å². The first-order valence-corrected chi connectivity index (χ1v) is 9.24. The van der Waals surface area contributed by atoms with E-state index in [1.807, 2.05) is 22.7 Å². The summed E-state index contributed by atoms with van der Waals surface area (Å²) in [5, 5.41) is 3.70. The smallest absolute Gasteiger partial charge is 0.0767 e. The molecule has 1 aliphatic rings. The number of hydrogen-bond donors (Lipinski definition) is 1. The minimum atomic E-state index is 0.397. The van der Waals surface area contributed by atoms with Crippen LogP contribution in [0.5, 0.6) is 0 Å². The molecule has 1 atom stereocenters. The van der Waals surface area contributed by atoms with Crippen molar-refractivity contribution >= 4 is 22.7 Å². The Kier molecular flexibility index (Phi) is 4.29. The minimum absolute atomic E-state index is 0.397. The van der Waals surface area contributed by atoms with Gasteiger partial charge in [0.1, 0.15) is 0 Å². The summed E-state index contributed by atoms with van der Waals surface area (Å²) >= 11 is 3.99. The van der Waals surface area contributed by atoms with Crippen LogP contribution in [0.1, 0.15) is 56.4 Å². The van der Waals surface area contributed by atoms with E-state index in [4.69, 9.17) is 0 Å². The zero-order chi connectivity index (χ0) is 14.1. The average Bonchev–Trinajstić information content (AvgIpc) is 2.99. The first-order chi connectivity index (χ1) is 9.69. The van der Waals surface area contributed by atoms with E-state index in [0.717, 1.165) is 6.54 Å². The highest BCUT2D eigenvalue weighted by Gasteiger charge is 2.22. The zero-order valence-corrected chi connectivity index (χ0v) is 14.2. The molecule has 0 aromatic carbocycles. The molecule has 2 aromatic rings. The van der Waals surface area contributed by atoms with E-state index >= 15 is 0 Å². The maximum absolute atomic E-state index is 3.70. The third-order valence-corrected chi connectivity index (χ3v) is 6.57. The van der Waals surface area contributed by atoms with E-state index < -0.39 is 0 Å². The second-order valence-corrected chi connectivity index (χ2v) is 8.16. The van der Waals surface area contributed by atoms with Crippen molar-refractivity contribution in [3.63, 3.8) is 0 Å². The fourth-order valence-corrected chi connectivity index (χ4v) is 5.68. The Balaban J connectivity index is 1.98. The van der Waals surface area contributed by atoms with Gasteiger partial charge in [0.2, 0.25) is 0 Å². The van der Waals surface area contributed by atoms with Gasteiger partial charge in [-0.1, -0.05) is 6.92 Å². The van der Waals surface area contributed by atoms with E-state index in [1.165, 1.54) is 45.9 Å². The van der Waals surface area contributed by atoms with Crippen molar-refractivity contribution in [2.45, 2.75) is 52.5 Å². The molecule has 1 N–H and O–H groups in total. The minimum Gasteiger partial charge on any atom is -0.305 e. The molecular weight excluding hydrogens is 282 g/mol. The number of aryl methyl sites for hydroxylation is 4. The number of fused-ring (bicyclic) bond motifs is 1. The number of nitrogens with one attached hydrogen (secondary N) is 1. The topological polar surface area (TPSA) is 12.0 Å². The molecule has 1 aliphatic carbocycles. The Morgan fingerprint density at radius 2 is 1.95 bits per heavy atom. The van der Waals surface area contributed by atoms with Crippen molar-refractivity contribution in [2.24, 2.45) is 0 Å². The van der Waals surface area contributed by atoms with Crippen LogP contribution < -0.4 is 5.32 Å². The van der Waals surface area contributed by atoms with E-state index in [-0.39, 0.29) is 0 Å². The van der Waals surface area contributed by atoms with Gasteiger partial charge in [-0.15, -0.1) is 22.7 Å². The molecule has 2 aromatic heterocycles. The van der Waals surface area contributed by atoms with Gasteiger partial charge in [0, 0.05) is 19.5 Å². The second kappa shape index (κ2) is 6.00. The predicted octanol–water partition coefficient (Wildman–Crippen LogP) is 5.00. The van der Waals surface area contributed by atoms with Crippen LogP contribution in [0.3, 0.4) is 0 Å². The highest BCUT2D eigenvalue weighted by Crippen LogP contribution is 2.38. The molecule has 0 bridgehead atoms. The molecule has 0 fully saturated rings. The summed E-state index contributed by atoms with van der Waals surface area (Å²) in [5.41, 5.74) is 3.05. The van der Waals surface area contributed by atoms with E-state index in [1.54, 1.807) is 10.4 Å². The van der Waals surface area contributed by atoms with Gasteiger partial charge in [-0.2, -0.15) is 0 Å². The van der Waals surface area contributed by atoms with Crippen LogP contribution in [-0.2, 0) is 12.8 Å². The standard InChI is InChI=1S/C17H23NS2/c1-4-18-16(17-11(2)9-12(3)19-17)15-10-13-7-5-6-8-14(13)20-15/h9-10,16,18H,4-8H2,1-3H3. The highest BCUT2D eigenvalue weighted by molar-refractivity contribution is 7.13.